The highest BCUT2D eigenvalue weighted by Crippen LogP contribution is 2.38. The third-order valence-electron chi connectivity index (χ3n) is 5.78. The molecule has 33 heavy (non-hydrogen) atoms. The Morgan fingerprint density at radius 3 is 2.70 bits per heavy atom. The lowest BCUT2D eigenvalue weighted by Gasteiger charge is -2.34. The molecule has 5 rings (SSSR count). The first-order valence-corrected chi connectivity index (χ1v) is 10.8. The molecule has 0 spiro atoms. The van der Waals surface area contributed by atoms with Crippen molar-refractivity contribution in [1.82, 2.24) is 15.0 Å². The molecule has 0 fully saturated rings. The van der Waals surface area contributed by atoms with Gasteiger partial charge in [0.1, 0.15) is 12.4 Å². The molecule has 0 radical (unpaired) electrons. The van der Waals surface area contributed by atoms with E-state index in [-0.39, 0.29) is 6.04 Å². The summed E-state index contributed by atoms with van der Waals surface area (Å²) in [6.07, 6.45) is 3.52. The molecule has 7 heteroatoms. The second kappa shape index (κ2) is 8.78. The van der Waals surface area contributed by atoms with Crippen molar-refractivity contribution in [3.05, 3.63) is 84.3 Å². The number of likely N-dealkylation sites (N-methyl/N-ethyl adjacent to an activating group) is 1. The number of rotatable bonds is 5. The van der Waals surface area contributed by atoms with Crippen molar-refractivity contribution in [2.45, 2.75) is 13.0 Å². The van der Waals surface area contributed by atoms with Gasteiger partial charge in [-0.05, 0) is 42.3 Å². The van der Waals surface area contributed by atoms with Crippen molar-refractivity contribution < 1.29 is 9.47 Å². The number of hydrogen-bond donors (Lipinski definition) is 1. The highest BCUT2D eigenvalue weighted by atomic mass is 16.5. The topological polar surface area (TPSA) is 72.4 Å². The summed E-state index contributed by atoms with van der Waals surface area (Å²) in [4.78, 5) is 15.6. The molecule has 1 aliphatic heterocycles. The van der Waals surface area contributed by atoms with E-state index in [0.29, 0.717) is 18.3 Å². The van der Waals surface area contributed by atoms with Crippen molar-refractivity contribution in [3.8, 4) is 22.6 Å². The largest absolute Gasteiger partial charge is 0.496 e. The SMILES string of the molecule is COc1cc(Nc2ncc3c(n2)N(C)[C@H](c2ccccc2)CO3)ccc1-c1ccnc(C)c1. The van der Waals surface area contributed by atoms with E-state index in [1.165, 1.54) is 5.56 Å². The molecule has 0 amide bonds. The van der Waals surface area contributed by atoms with Crippen molar-refractivity contribution in [1.29, 1.82) is 0 Å². The summed E-state index contributed by atoms with van der Waals surface area (Å²) in [5, 5.41) is 3.30. The minimum absolute atomic E-state index is 0.0876. The van der Waals surface area contributed by atoms with E-state index in [2.05, 4.69) is 32.3 Å². The number of aryl methyl sites for hydroxylation is 1. The molecule has 3 heterocycles. The minimum atomic E-state index is 0.0876. The maximum absolute atomic E-state index is 5.96. The van der Waals surface area contributed by atoms with Crippen molar-refractivity contribution in [2.75, 3.05) is 31.0 Å². The van der Waals surface area contributed by atoms with Crippen LogP contribution >= 0.6 is 0 Å². The average molecular weight is 440 g/mol. The Morgan fingerprint density at radius 2 is 1.91 bits per heavy atom. The molecule has 1 aliphatic rings. The number of aromatic nitrogens is 3. The van der Waals surface area contributed by atoms with Gasteiger partial charge < -0.3 is 19.7 Å². The lowest BCUT2D eigenvalue weighted by Crippen LogP contribution is -2.34. The van der Waals surface area contributed by atoms with Crippen molar-refractivity contribution in [3.63, 3.8) is 0 Å². The Bertz CT molecular complexity index is 1280. The molecular formula is C26H25N5O2. The van der Waals surface area contributed by atoms with Gasteiger partial charge in [0.2, 0.25) is 5.95 Å². The molecule has 1 N–H and O–H groups in total. The molecule has 0 bridgehead atoms. The molecule has 4 aromatic rings. The first-order chi connectivity index (χ1) is 16.1. The fraction of sp³-hybridized carbons (Fsp3) is 0.192. The van der Waals surface area contributed by atoms with E-state index in [9.17, 15) is 0 Å². The van der Waals surface area contributed by atoms with Crippen molar-refractivity contribution in [2.24, 2.45) is 0 Å². The van der Waals surface area contributed by atoms with Gasteiger partial charge in [-0.3, -0.25) is 4.98 Å². The molecule has 7 nitrogen and oxygen atoms in total. The molecule has 0 aliphatic carbocycles. The first-order valence-electron chi connectivity index (χ1n) is 10.8. The molecule has 0 saturated heterocycles. The van der Waals surface area contributed by atoms with Crippen LogP contribution < -0.4 is 19.7 Å². The highest BCUT2D eigenvalue weighted by Gasteiger charge is 2.28. The van der Waals surface area contributed by atoms with Gasteiger partial charge in [-0.2, -0.15) is 4.98 Å². The summed E-state index contributed by atoms with van der Waals surface area (Å²) < 4.78 is 11.6. The molecular weight excluding hydrogens is 414 g/mol. The minimum Gasteiger partial charge on any atom is -0.496 e. The van der Waals surface area contributed by atoms with Gasteiger partial charge in [0, 0.05) is 36.3 Å². The first kappa shape index (κ1) is 20.8. The Morgan fingerprint density at radius 1 is 1.06 bits per heavy atom. The summed E-state index contributed by atoms with van der Waals surface area (Å²) in [5.74, 6) is 2.68. The van der Waals surface area contributed by atoms with E-state index in [4.69, 9.17) is 14.5 Å². The number of nitrogens with zero attached hydrogens (tertiary/aromatic N) is 4. The number of anilines is 3. The molecule has 166 valence electrons. The van der Waals surface area contributed by atoms with Crippen LogP contribution in [0.15, 0.2) is 73.1 Å². The van der Waals surface area contributed by atoms with Crippen LogP contribution in [-0.2, 0) is 0 Å². The summed E-state index contributed by atoms with van der Waals surface area (Å²) in [6.45, 7) is 2.53. The highest BCUT2D eigenvalue weighted by molar-refractivity contribution is 5.74. The number of benzene rings is 2. The Balaban J connectivity index is 1.41. The lowest BCUT2D eigenvalue weighted by molar-refractivity contribution is 0.265. The van der Waals surface area contributed by atoms with Gasteiger partial charge in [-0.15, -0.1) is 0 Å². The van der Waals surface area contributed by atoms with Gasteiger partial charge in [0.15, 0.2) is 11.6 Å². The number of pyridine rings is 1. The molecule has 0 unspecified atom stereocenters. The fourth-order valence-corrected chi connectivity index (χ4v) is 4.05. The van der Waals surface area contributed by atoms with Crippen LogP contribution in [0, 0.1) is 6.92 Å². The summed E-state index contributed by atoms with van der Waals surface area (Å²) in [5.41, 5.74) is 5.03. The smallest absolute Gasteiger partial charge is 0.229 e. The molecule has 0 saturated carbocycles. The molecule has 2 aromatic heterocycles. The van der Waals surface area contributed by atoms with E-state index in [1.807, 2.05) is 62.5 Å². The van der Waals surface area contributed by atoms with Crippen LogP contribution in [0.5, 0.6) is 11.5 Å². The van der Waals surface area contributed by atoms with Gasteiger partial charge in [0.05, 0.1) is 19.3 Å². The van der Waals surface area contributed by atoms with Gasteiger partial charge in [-0.25, -0.2) is 4.98 Å². The Labute approximate surface area is 193 Å². The summed E-state index contributed by atoms with van der Waals surface area (Å²) >= 11 is 0. The second-order valence-electron chi connectivity index (χ2n) is 7.96. The number of hydrogen-bond acceptors (Lipinski definition) is 7. The predicted molar refractivity (Wildman–Crippen MR) is 129 cm³/mol. The number of methoxy groups -OCH3 is 1. The zero-order valence-electron chi connectivity index (χ0n) is 18.8. The van der Waals surface area contributed by atoms with Crippen molar-refractivity contribution >= 4 is 17.5 Å². The van der Waals surface area contributed by atoms with E-state index >= 15 is 0 Å². The Hall–Kier alpha value is -4.13. The lowest BCUT2D eigenvalue weighted by atomic mass is 10.0. The number of nitrogens with one attached hydrogen (secondary N) is 1. The van der Waals surface area contributed by atoms with Crippen LogP contribution in [0.4, 0.5) is 17.5 Å². The molecule has 1 atom stereocenters. The zero-order chi connectivity index (χ0) is 22.8. The maximum Gasteiger partial charge on any atom is 0.229 e. The zero-order valence-corrected chi connectivity index (χ0v) is 18.8. The van der Waals surface area contributed by atoms with Crippen LogP contribution in [0.1, 0.15) is 17.3 Å². The summed E-state index contributed by atoms with van der Waals surface area (Å²) in [6, 6.07) is 20.4. The van der Waals surface area contributed by atoms with E-state index in [0.717, 1.165) is 34.1 Å². The third-order valence-corrected chi connectivity index (χ3v) is 5.78. The molecule has 2 aromatic carbocycles. The second-order valence-corrected chi connectivity index (χ2v) is 7.96. The van der Waals surface area contributed by atoms with E-state index < -0.39 is 0 Å². The monoisotopic (exact) mass is 439 g/mol. The van der Waals surface area contributed by atoms with Crippen LogP contribution in [-0.4, -0.2) is 35.7 Å². The predicted octanol–water partition coefficient (Wildman–Crippen LogP) is 5.17. The third kappa shape index (κ3) is 4.17. The number of ether oxygens (including phenoxy) is 2. The summed E-state index contributed by atoms with van der Waals surface area (Å²) in [7, 11) is 3.70. The standard InChI is InChI=1S/C26H25N5O2/c1-17-13-19(11-12-27-17)21-10-9-20(14-23(21)32-3)29-26-28-15-24-25(30-26)31(2)22(16-33-24)18-7-5-4-6-8-18/h4-15,22H,16H2,1-3H3,(H,28,29,30)/t22-/m0/s1. The maximum atomic E-state index is 5.96. The van der Waals surface area contributed by atoms with Crippen LogP contribution in [0.2, 0.25) is 0 Å². The normalized spacial score (nSPS) is 14.9. The van der Waals surface area contributed by atoms with Gasteiger partial charge in [0.25, 0.3) is 0 Å². The fourth-order valence-electron chi connectivity index (χ4n) is 4.05. The van der Waals surface area contributed by atoms with Crippen LogP contribution in [0.25, 0.3) is 11.1 Å². The van der Waals surface area contributed by atoms with E-state index in [1.54, 1.807) is 19.5 Å². The number of fused-ring (bicyclic) bond motifs is 1. The van der Waals surface area contributed by atoms with Gasteiger partial charge in [-0.1, -0.05) is 30.3 Å². The van der Waals surface area contributed by atoms with Crippen LogP contribution in [0.3, 0.4) is 0 Å². The average Bonchev–Trinajstić information content (AvgIpc) is 2.85. The Kier molecular flexibility index (Phi) is 5.52. The van der Waals surface area contributed by atoms with Gasteiger partial charge >= 0.3 is 0 Å². The quantitative estimate of drug-likeness (QED) is 0.460.